The molecule has 0 bridgehead atoms. The molecule has 0 unspecified atom stereocenters. The lowest BCUT2D eigenvalue weighted by atomic mass is 10.0. The van der Waals surface area contributed by atoms with Gasteiger partial charge >= 0.3 is 11.9 Å². The van der Waals surface area contributed by atoms with E-state index in [1.54, 1.807) is 0 Å². The largest absolute Gasteiger partial charge is 0.469 e. The third-order valence-corrected chi connectivity index (χ3v) is 5.15. The van der Waals surface area contributed by atoms with Crippen molar-refractivity contribution in [2.45, 2.75) is 116 Å². The van der Waals surface area contributed by atoms with Crippen molar-refractivity contribution in [3.05, 3.63) is 0 Å². The molecule has 0 atom stereocenters. The van der Waals surface area contributed by atoms with E-state index in [1.165, 1.54) is 90.6 Å². The van der Waals surface area contributed by atoms with Crippen LogP contribution in [0.5, 0.6) is 0 Å². The van der Waals surface area contributed by atoms with Gasteiger partial charge in [-0.3, -0.25) is 9.59 Å². The van der Waals surface area contributed by atoms with Gasteiger partial charge in [0.05, 0.1) is 26.7 Å². The molecule has 0 fully saturated rings. The molecule has 5 nitrogen and oxygen atoms in total. The molecule has 0 saturated carbocycles. The van der Waals surface area contributed by atoms with Crippen molar-refractivity contribution in [1.29, 1.82) is 0 Å². The maximum absolute atomic E-state index is 11.6. The van der Waals surface area contributed by atoms with Crippen LogP contribution in [-0.4, -0.2) is 38.9 Å². The number of ether oxygens (including phenoxy) is 3. The van der Waals surface area contributed by atoms with E-state index in [2.05, 4.69) is 11.7 Å². The molecule has 0 aliphatic heterocycles. The lowest BCUT2D eigenvalue weighted by Crippen LogP contribution is -2.12. The SMILES string of the molecule is CCCCCCCCCCCCCCCCCC(=O)OCCOCCC(=O)OC. The molecule has 29 heavy (non-hydrogen) atoms. The molecule has 0 aliphatic rings. The highest BCUT2D eigenvalue weighted by Crippen LogP contribution is 2.13. The fourth-order valence-corrected chi connectivity index (χ4v) is 3.29. The number of hydrogen-bond acceptors (Lipinski definition) is 5. The molecule has 172 valence electrons. The fourth-order valence-electron chi connectivity index (χ4n) is 3.29. The van der Waals surface area contributed by atoms with Crippen molar-refractivity contribution in [1.82, 2.24) is 0 Å². The van der Waals surface area contributed by atoms with Gasteiger partial charge in [0, 0.05) is 6.42 Å². The van der Waals surface area contributed by atoms with Gasteiger partial charge < -0.3 is 14.2 Å². The van der Waals surface area contributed by atoms with Gasteiger partial charge in [0.15, 0.2) is 0 Å². The van der Waals surface area contributed by atoms with E-state index in [9.17, 15) is 9.59 Å². The number of carbonyl (C=O) groups excluding carboxylic acids is 2. The van der Waals surface area contributed by atoms with Crippen molar-refractivity contribution in [3.8, 4) is 0 Å². The number of carbonyl (C=O) groups is 2. The Balaban J connectivity index is 3.16. The van der Waals surface area contributed by atoms with Gasteiger partial charge in [0.1, 0.15) is 6.61 Å². The van der Waals surface area contributed by atoms with Crippen molar-refractivity contribution >= 4 is 11.9 Å². The van der Waals surface area contributed by atoms with Gasteiger partial charge in [0.25, 0.3) is 0 Å². The molecule has 0 rings (SSSR count). The zero-order chi connectivity index (χ0) is 21.4. The summed E-state index contributed by atoms with van der Waals surface area (Å²) in [6.07, 6.45) is 20.5. The second-order valence-electron chi connectivity index (χ2n) is 7.86. The summed E-state index contributed by atoms with van der Waals surface area (Å²) in [5, 5.41) is 0. The normalized spacial score (nSPS) is 10.8. The van der Waals surface area contributed by atoms with E-state index in [4.69, 9.17) is 9.47 Å². The van der Waals surface area contributed by atoms with Crippen LogP contribution in [0.15, 0.2) is 0 Å². The number of unbranched alkanes of at least 4 members (excludes halogenated alkanes) is 14. The van der Waals surface area contributed by atoms with Crippen molar-refractivity contribution < 1.29 is 23.8 Å². The number of methoxy groups -OCH3 is 1. The Labute approximate surface area is 179 Å². The second kappa shape index (κ2) is 23.2. The minimum Gasteiger partial charge on any atom is -0.469 e. The monoisotopic (exact) mass is 414 g/mol. The lowest BCUT2D eigenvalue weighted by Gasteiger charge is -2.06. The molecule has 0 N–H and O–H groups in total. The van der Waals surface area contributed by atoms with Gasteiger partial charge in [-0.15, -0.1) is 0 Å². The van der Waals surface area contributed by atoms with E-state index in [0.717, 1.165) is 12.8 Å². The minimum atomic E-state index is -0.296. The van der Waals surface area contributed by atoms with Crippen LogP contribution in [0.2, 0.25) is 0 Å². The topological polar surface area (TPSA) is 61.8 Å². The van der Waals surface area contributed by atoms with Gasteiger partial charge in [-0.05, 0) is 6.42 Å². The van der Waals surface area contributed by atoms with Crippen molar-refractivity contribution in [2.24, 2.45) is 0 Å². The van der Waals surface area contributed by atoms with Crippen LogP contribution in [0.1, 0.15) is 116 Å². The van der Waals surface area contributed by atoms with Crippen LogP contribution in [0, 0.1) is 0 Å². The molecule has 0 aromatic heterocycles. The Hall–Kier alpha value is -1.10. The number of hydrogen-bond donors (Lipinski definition) is 0. The highest BCUT2D eigenvalue weighted by Gasteiger charge is 2.03. The van der Waals surface area contributed by atoms with Crippen molar-refractivity contribution in [2.75, 3.05) is 26.9 Å². The van der Waals surface area contributed by atoms with E-state index < -0.39 is 0 Å². The molecule has 0 saturated heterocycles. The summed E-state index contributed by atoms with van der Waals surface area (Å²) in [7, 11) is 1.35. The smallest absolute Gasteiger partial charge is 0.307 e. The van der Waals surface area contributed by atoms with E-state index >= 15 is 0 Å². The summed E-state index contributed by atoms with van der Waals surface area (Å²) in [5.74, 6) is -0.452. The van der Waals surface area contributed by atoms with Gasteiger partial charge in [-0.2, -0.15) is 0 Å². The molecule has 0 heterocycles. The Kier molecular flexibility index (Phi) is 22.3. The van der Waals surface area contributed by atoms with Crippen LogP contribution in [0.4, 0.5) is 0 Å². The zero-order valence-electron chi connectivity index (χ0n) is 19.2. The quantitative estimate of drug-likeness (QED) is 0.152. The molecular weight excluding hydrogens is 368 g/mol. The fraction of sp³-hybridized carbons (Fsp3) is 0.917. The number of esters is 2. The maximum atomic E-state index is 11.6. The standard InChI is InChI=1S/C24H46O5/c1-3-4-5-6-7-8-9-10-11-12-13-14-15-16-17-18-24(26)29-22-21-28-20-19-23(25)27-2/h3-22H2,1-2H3. The van der Waals surface area contributed by atoms with Crippen LogP contribution in [-0.2, 0) is 23.8 Å². The van der Waals surface area contributed by atoms with Crippen LogP contribution < -0.4 is 0 Å². The third-order valence-electron chi connectivity index (χ3n) is 5.15. The van der Waals surface area contributed by atoms with Crippen molar-refractivity contribution in [3.63, 3.8) is 0 Å². The summed E-state index contributed by atoms with van der Waals surface area (Å²) in [5.41, 5.74) is 0. The average molecular weight is 415 g/mol. The van der Waals surface area contributed by atoms with Gasteiger partial charge in [-0.25, -0.2) is 0 Å². The first-order valence-corrected chi connectivity index (χ1v) is 12.0. The summed E-state index contributed by atoms with van der Waals surface area (Å²) < 4.78 is 14.8. The molecule has 0 amide bonds. The molecular formula is C24H46O5. The molecule has 5 heteroatoms. The van der Waals surface area contributed by atoms with E-state index in [0.29, 0.717) is 19.6 Å². The van der Waals surface area contributed by atoms with Crippen LogP contribution in [0.3, 0.4) is 0 Å². The molecule has 0 aromatic rings. The Morgan fingerprint density at radius 3 is 1.52 bits per heavy atom. The lowest BCUT2D eigenvalue weighted by molar-refractivity contribution is -0.147. The maximum Gasteiger partial charge on any atom is 0.307 e. The Bertz CT molecular complexity index is 370. The summed E-state index contributed by atoms with van der Waals surface area (Å²) in [6.45, 7) is 3.13. The predicted molar refractivity (Wildman–Crippen MR) is 118 cm³/mol. The molecule has 0 spiro atoms. The van der Waals surface area contributed by atoms with E-state index in [1.807, 2.05) is 0 Å². The zero-order valence-corrected chi connectivity index (χ0v) is 19.2. The van der Waals surface area contributed by atoms with Gasteiger partial charge in [-0.1, -0.05) is 96.8 Å². The molecule has 0 radical (unpaired) electrons. The van der Waals surface area contributed by atoms with Crippen LogP contribution >= 0.6 is 0 Å². The Morgan fingerprint density at radius 2 is 1.03 bits per heavy atom. The van der Waals surface area contributed by atoms with Crippen LogP contribution in [0.25, 0.3) is 0 Å². The van der Waals surface area contributed by atoms with E-state index in [-0.39, 0.29) is 25.0 Å². The first-order valence-electron chi connectivity index (χ1n) is 12.0. The first kappa shape index (κ1) is 27.9. The number of rotatable bonds is 22. The average Bonchev–Trinajstić information content (AvgIpc) is 2.73. The summed E-state index contributed by atoms with van der Waals surface area (Å²) in [4.78, 5) is 22.5. The Morgan fingerprint density at radius 1 is 0.552 bits per heavy atom. The highest BCUT2D eigenvalue weighted by molar-refractivity contribution is 5.69. The molecule has 0 aromatic carbocycles. The summed E-state index contributed by atoms with van der Waals surface area (Å²) in [6, 6.07) is 0. The predicted octanol–water partition coefficient (Wildman–Crippen LogP) is 6.37. The third kappa shape index (κ3) is 23.0. The second-order valence-corrected chi connectivity index (χ2v) is 7.86. The molecule has 0 aliphatic carbocycles. The first-order chi connectivity index (χ1) is 14.2. The summed E-state index contributed by atoms with van der Waals surface area (Å²) >= 11 is 0. The van der Waals surface area contributed by atoms with Gasteiger partial charge in [0.2, 0.25) is 0 Å². The minimum absolute atomic E-state index is 0.156. The highest BCUT2D eigenvalue weighted by atomic mass is 16.6.